The van der Waals surface area contributed by atoms with Gasteiger partial charge < -0.3 is 5.11 Å². The molecule has 2 aromatic rings. The van der Waals surface area contributed by atoms with E-state index in [9.17, 15) is 5.11 Å². The summed E-state index contributed by atoms with van der Waals surface area (Å²) in [5, 5.41) is 22.7. The Morgan fingerprint density at radius 2 is 2.00 bits per heavy atom. The molecule has 0 bridgehead atoms. The van der Waals surface area contributed by atoms with Gasteiger partial charge in [0, 0.05) is 6.42 Å². The molecule has 0 aliphatic carbocycles. The molecule has 0 fully saturated rings. The van der Waals surface area contributed by atoms with E-state index in [1.165, 1.54) is 4.80 Å². The van der Waals surface area contributed by atoms with Crippen molar-refractivity contribution in [3.05, 3.63) is 39.6 Å². The number of hydrogen-bond acceptors (Lipinski definition) is 4. The summed E-state index contributed by atoms with van der Waals surface area (Å²) < 4.78 is 0. The van der Waals surface area contributed by atoms with Crippen molar-refractivity contribution in [2.45, 2.75) is 32.4 Å². The fourth-order valence-electron chi connectivity index (χ4n) is 1.59. The first-order valence-electron chi connectivity index (χ1n) is 5.76. The van der Waals surface area contributed by atoms with Gasteiger partial charge in [0.2, 0.25) is 0 Å². The first-order valence-corrected chi connectivity index (χ1v) is 6.52. The van der Waals surface area contributed by atoms with Gasteiger partial charge in [-0.15, -0.1) is 10.2 Å². The van der Waals surface area contributed by atoms with E-state index in [2.05, 4.69) is 15.4 Å². The number of hydrogen-bond donors (Lipinski definition) is 1. The van der Waals surface area contributed by atoms with Crippen LogP contribution in [0.2, 0.25) is 10.0 Å². The molecule has 1 aromatic heterocycles. The topological polar surface area (TPSA) is 63.8 Å². The first kappa shape index (κ1) is 14.2. The van der Waals surface area contributed by atoms with Crippen molar-refractivity contribution in [3.8, 4) is 0 Å². The lowest BCUT2D eigenvalue weighted by molar-refractivity contribution is 0.0525. The Bertz CT molecular complexity index is 577. The predicted octanol–water partition coefficient (Wildman–Crippen LogP) is 2.34. The van der Waals surface area contributed by atoms with Crippen LogP contribution in [0.5, 0.6) is 0 Å². The molecule has 5 nitrogen and oxygen atoms in total. The van der Waals surface area contributed by atoms with E-state index in [1.54, 1.807) is 26.0 Å². The van der Waals surface area contributed by atoms with Crippen LogP contribution in [0.1, 0.15) is 25.2 Å². The number of aromatic nitrogens is 4. The van der Waals surface area contributed by atoms with Gasteiger partial charge in [-0.25, -0.2) is 0 Å². The molecule has 0 unspecified atom stereocenters. The van der Waals surface area contributed by atoms with Gasteiger partial charge in [0.05, 0.1) is 22.2 Å². The molecule has 1 N–H and O–H groups in total. The first-order chi connectivity index (χ1) is 8.83. The maximum atomic E-state index is 9.68. The summed E-state index contributed by atoms with van der Waals surface area (Å²) in [5.41, 5.74) is 0.0823. The zero-order valence-electron chi connectivity index (χ0n) is 10.6. The van der Waals surface area contributed by atoms with Gasteiger partial charge in [0.1, 0.15) is 0 Å². The van der Waals surface area contributed by atoms with Crippen LogP contribution in [0.15, 0.2) is 18.2 Å². The highest BCUT2D eigenvalue weighted by molar-refractivity contribution is 6.42. The van der Waals surface area contributed by atoms with Crippen molar-refractivity contribution in [2.75, 3.05) is 0 Å². The van der Waals surface area contributed by atoms with E-state index in [0.717, 1.165) is 5.56 Å². The molecule has 0 radical (unpaired) electrons. The Morgan fingerprint density at radius 3 is 2.63 bits per heavy atom. The number of tetrazole rings is 1. The third-order valence-corrected chi connectivity index (χ3v) is 3.11. The molecule has 0 aliphatic heterocycles. The Labute approximate surface area is 121 Å². The van der Waals surface area contributed by atoms with Gasteiger partial charge in [-0.2, -0.15) is 4.80 Å². The van der Waals surface area contributed by atoms with Gasteiger partial charge in [0.25, 0.3) is 0 Å². The predicted molar refractivity (Wildman–Crippen MR) is 73.4 cm³/mol. The lowest BCUT2D eigenvalue weighted by Crippen LogP contribution is -2.27. The number of aliphatic hydroxyl groups is 1. The second kappa shape index (κ2) is 5.45. The normalized spacial score (nSPS) is 11.8. The molecule has 0 amide bonds. The number of benzene rings is 1. The summed E-state index contributed by atoms with van der Waals surface area (Å²) in [7, 11) is 0. The summed E-state index contributed by atoms with van der Waals surface area (Å²) in [4.78, 5) is 1.38. The van der Waals surface area contributed by atoms with Crippen LogP contribution < -0.4 is 0 Å². The minimum atomic E-state index is -0.873. The minimum Gasteiger partial charge on any atom is -0.388 e. The molecule has 0 atom stereocenters. The third-order valence-electron chi connectivity index (χ3n) is 2.37. The number of rotatable bonds is 4. The van der Waals surface area contributed by atoms with Gasteiger partial charge in [-0.1, -0.05) is 29.3 Å². The van der Waals surface area contributed by atoms with E-state index < -0.39 is 5.60 Å². The molecule has 1 aromatic carbocycles. The fraction of sp³-hybridized carbons (Fsp3) is 0.417. The third kappa shape index (κ3) is 4.16. The Balaban J connectivity index is 2.09. The van der Waals surface area contributed by atoms with Crippen molar-refractivity contribution >= 4 is 23.2 Å². The lowest BCUT2D eigenvalue weighted by Gasteiger charge is -2.14. The van der Waals surface area contributed by atoms with E-state index >= 15 is 0 Å². The minimum absolute atomic E-state index is 0.293. The fourth-order valence-corrected chi connectivity index (χ4v) is 1.91. The van der Waals surface area contributed by atoms with Gasteiger partial charge in [-0.3, -0.25) is 0 Å². The second-order valence-corrected chi connectivity index (χ2v) is 5.79. The Kier molecular flexibility index (Phi) is 4.08. The van der Waals surface area contributed by atoms with Crippen molar-refractivity contribution in [1.29, 1.82) is 0 Å². The zero-order chi connectivity index (χ0) is 14.0. The number of nitrogens with zero attached hydrogens (tertiary/aromatic N) is 4. The molecule has 102 valence electrons. The van der Waals surface area contributed by atoms with Crippen molar-refractivity contribution in [1.82, 2.24) is 20.2 Å². The van der Waals surface area contributed by atoms with Crippen LogP contribution in [-0.4, -0.2) is 30.9 Å². The van der Waals surface area contributed by atoms with Gasteiger partial charge in [-0.05, 0) is 36.8 Å². The zero-order valence-corrected chi connectivity index (χ0v) is 12.2. The molecule has 0 aliphatic rings. The maximum absolute atomic E-state index is 9.68. The molecule has 7 heteroatoms. The summed E-state index contributed by atoms with van der Waals surface area (Å²) in [6.07, 6.45) is 0.517. The number of halogens is 2. The van der Waals surface area contributed by atoms with E-state index in [-0.39, 0.29) is 0 Å². The molecular formula is C12H14Cl2N4O. The summed E-state index contributed by atoms with van der Waals surface area (Å²) in [6, 6.07) is 5.38. The lowest BCUT2D eigenvalue weighted by atomic mass is 10.1. The average Bonchev–Trinajstić information content (AvgIpc) is 2.68. The van der Waals surface area contributed by atoms with Crippen molar-refractivity contribution in [3.63, 3.8) is 0 Å². The van der Waals surface area contributed by atoms with E-state index in [0.29, 0.717) is 28.8 Å². The van der Waals surface area contributed by atoms with Gasteiger partial charge >= 0.3 is 0 Å². The summed E-state index contributed by atoms with van der Waals surface area (Å²) in [6.45, 7) is 3.67. The molecule has 0 saturated carbocycles. The summed E-state index contributed by atoms with van der Waals surface area (Å²) in [5.74, 6) is 0.572. The monoisotopic (exact) mass is 300 g/mol. The molecule has 0 saturated heterocycles. The standard InChI is InChI=1S/C12H14Cl2N4O/c1-12(2,19)7-18-16-11(15-17-18)6-8-3-4-9(13)10(14)5-8/h3-5,19H,6-7H2,1-2H3. The van der Waals surface area contributed by atoms with Crippen LogP contribution in [0, 0.1) is 0 Å². The van der Waals surface area contributed by atoms with Crippen LogP contribution in [0.4, 0.5) is 0 Å². The molecule has 0 spiro atoms. The van der Waals surface area contributed by atoms with Crippen LogP contribution in [0.3, 0.4) is 0 Å². The molecule has 1 heterocycles. The highest BCUT2D eigenvalue weighted by Crippen LogP contribution is 2.23. The average molecular weight is 301 g/mol. The van der Waals surface area contributed by atoms with Crippen LogP contribution in [0.25, 0.3) is 0 Å². The largest absolute Gasteiger partial charge is 0.388 e. The Hall–Kier alpha value is -1.17. The molecular weight excluding hydrogens is 287 g/mol. The molecule has 2 rings (SSSR count). The quantitative estimate of drug-likeness (QED) is 0.941. The van der Waals surface area contributed by atoms with E-state index in [4.69, 9.17) is 23.2 Å². The van der Waals surface area contributed by atoms with Crippen molar-refractivity contribution in [2.24, 2.45) is 0 Å². The van der Waals surface area contributed by atoms with Crippen LogP contribution >= 0.6 is 23.2 Å². The molecule has 19 heavy (non-hydrogen) atoms. The summed E-state index contributed by atoms with van der Waals surface area (Å²) >= 11 is 11.8. The second-order valence-electron chi connectivity index (χ2n) is 4.97. The highest BCUT2D eigenvalue weighted by atomic mass is 35.5. The van der Waals surface area contributed by atoms with E-state index in [1.807, 2.05) is 6.07 Å². The maximum Gasteiger partial charge on any atom is 0.179 e. The smallest absolute Gasteiger partial charge is 0.179 e. The van der Waals surface area contributed by atoms with Gasteiger partial charge in [0.15, 0.2) is 5.82 Å². The van der Waals surface area contributed by atoms with Crippen molar-refractivity contribution < 1.29 is 5.11 Å². The SMILES string of the molecule is CC(C)(O)Cn1nnc(Cc2ccc(Cl)c(Cl)c2)n1. The van der Waals surface area contributed by atoms with Crippen LogP contribution in [-0.2, 0) is 13.0 Å². The highest BCUT2D eigenvalue weighted by Gasteiger charge is 2.16. The Morgan fingerprint density at radius 1 is 1.26 bits per heavy atom.